The van der Waals surface area contributed by atoms with E-state index in [9.17, 15) is 9.59 Å². The van der Waals surface area contributed by atoms with Gasteiger partial charge in [0.1, 0.15) is 0 Å². The Morgan fingerprint density at radius 1 is 1.26 bits per heavy atom. The van der Waals surface area contributed by atoms with Crippen molar-refractivity contribution >= 4 is 11.8 Å². The van der Waals surface area contributed by atoms with Gasteiger partial charge in [-0.2, -0.15) is 0 Å². The van der Waals surface area contributed by atoms with E-state index >= 15 is 0 Å². The normalized spacial score (nSPS) is 27.3. The van der Waals surface area contributed by atoms with Crippen molar-refractivity contribution in [3.8, 4) is 0 Å². The summed E-state index contributed by atoms with van der Waals surface area (Å²) >= 11 is 0. The minimum Gasteiger partial charge on any atom is -0.355 e. The molecule has 2 unspecified atom stereocenters. The molecule has 2 fully saturated rings. The Morgan fingerprint density at radius 2 is 2.00 bits per heavy atom. The molecular weight excluding hydrogens is 242 g/mol. The first kappa shape index (κ1) is 14.3. The molecule has 2 rings (SSSR count). The molecule has 2 aliphatic heterocycles. The van der Waals surface area contributed by atoms with Crippen molar-refractivity contribution in [2.24, 2.45) is 11.8 Å². The molecule has 108 valence electrons. The van der Waals surface area contributed by atoms with E-state index in [1.807, 2.05) is 4.90 Å². The summed E-state index contributed by atoms with van der Waals surface area (Å²) in [6.07, 6.45) is 3.60. The summed E-state index contributed by atoms with van der Waals surface area (Å²) in [7, 11) is 0. The molecule has 0 spiro atoms. The second-order valence-electron chi connectivity index (χ2n) is 5.82. The maximum absolute atomic E-state index is 12.0. The molecule has 2 saturated heterocycles. The number of amides is 2. The molecular formula is C14H25N3O2. The second-order valence-corrected chi connectivity index (χ2v) is 5.82. The van der Waals surface area contributed by atoms with Gasteiger partial charge in [-0.05, 0) is 31.7 Å². The Bertz CT molecular complexity index is 327. The van der Waals surface area contributed by atoms with Crippen LogP contribution in [0.5, 0.6) is 0 Å². The number of nitrogens with one attached hydrogen (secondary N) is 2. The van der Waals surface area contributed by atoms with Crippen LogP contribution in [0.25, 0.3) is 0 Å². The van der Waals surface area contributed by atoms with Gasteiger partial charge in [0.2, 0.25) is 11.8 Å². The van der Waals surface area contributed by atoms with Crippen molar-refractivity contribution in [3.05, 3.63) is 0 Å². The molecule has 5 nitrogen and oxygen atoms in total. The van der Waals surface area contributed by atoms with E-state index < -0.39 is 0 Å². The third-order valence-electron chi connectivity index (χ3n) is 4.04. The van der Waals surface area contributed by atoms with E-state index in [0.29, 0.717) is 18.9 Å². The Morgan fingerprint density at radius 3 is 2.68 bits per heavy atom. The predicted molar refractivity (Wildman–Crippen MR) is 73.6 cm³/mol. The highest BCUT2D eigenvalue weighted by atomic mass is 16.2. The van der Waals surface area contributed by atoms with Crippen LogP contribution >= 0.6 is 0 Å². The summed E-state index contributed by atoms with van der Waals surface area (Å²) in [6.45, 7) is 6.16. The van der Waals surface area contributed by atoms with Crippen molar-refractivity contribution in [3.63, 3.8) is 0 Å². The van der Waals surface area contributed by atoms with Gasteiger partial charge in [-0.3, -0.25) is 9.59 Å². The van der Waals surface area contributed by atoms with Crippen molar-refractivity contribution < 1.29 is 9.59 Å². The SMILES string of the molecule is CC1CNCC(C(=O)NCCC(=O)N2CCCC2)C1. The van der Waals surface area contributed by atoms with Crippen molar-refractivity contribution in [2.75, 3.05) is 32.7 Å². The molecule has 0 aromatic heterocycles. The molecule has 0 radical (unpaired) electrons. The minimum absolute atomic E-state index is 0.0608. The third kappa shape index (κ3) is 4.20. The van der Waals surface area contributed by atoms with Crippen LogP contribution in [-0.4, -0.2) is 49.4 Å². The molecule has 2 amide bonds. The Labute approximate surface area is 115 Å². The van der Waals surface area contributed by atoms with Crippen molar-refractivity contribution in [1.29, 1.82) is 0 Å². The molecule has 2 N–H and O–H groups in total. The molecule has 0 aromatic rings. The van der Waals surface area contributed by atoms with Gasteiger partial charge < -0.3 is 15.5 Å². The lowest BCUT2D eigenvalue weighted by molar-refractivity contribution is -0.130. The summed E-state index contributed by atoms with van der Waals surface area (Å²) in [4.78, 5) is 25.7. The summed E-state index contributed by atoms with van der Waals surface area (Å²) in [5.41, 5.74) is 0. The number of nitrogens with zero attached hydrogens (tertiary/aromatic N) is 1. The number of piperidine rings is 1. The Kier molecular flexibility index (Phi) is 5.19. The number of likely N-dealkylation sites (tertiary alicyclic amines) is 1. The van der Waals surface area contributed by atoms with Crippen molar-refractivity contribution in [2.45, 2.75) is 32.6 Å². The van der Waals surface area contributed by atoms with Crippen LogP contribution in [0, 0.1) is 11.8 Å². The van der Waals surface area contributed by atoms with Crippen LogP contribution in [0.3, 0.4) is 0 Å². The van der Waals surface area contributed by atoms with Crippen LogP contribution < -0.4 is 10.6 Å². The zero-order valence-corrected chi connectivity index (χ0v) is 11.8. The topological polar surface area (TPSA) is 61.4 Å². The highest BCUT2D eigenvalue weighted by Crippen LogP contribution is 2.15. The van der Waals surface area contributed by atoms with E-state index in [0.717, 1.165) is 45.4 Å². The molecule has 19 heavy (non-hydrogen) atoms. The molecule has 2 heterocycles. The fourth-order valence-electron chi connectivity index (χ4n) is 2.92. The first-order chi connectivity index (χ1) is 9.16. The molecule has 2 aliphatic rings. The monoisotopic (exact) mass is 267 g/mol. The zero-order valence-electron chi connectivity index (χ0n) is 11.8. The average molecular weight is 267 g/mol. The number of hydrogen-bond donors (Lipinski definition) is 2. The van der Waals surface area contributed by atoms with Gasteiger partial charge >= 0.3 is 0 Å². The second kappa shape index (κ2) is 6.89. The van der Waals surface area contributed by atoms with Crippen molar-refractivity contribution in [1.82, 2.24) is 15.5 Å². The summed E-state index contributed by atoms with van der Waals surface area (Å²) in [5.74, 6) is 0.877. The lowest BCUT2D eigenvalue weighted by Crippen LogP contribution is -2.44. The summed E-state index contributed by atoms with van der Waals surface area (Å²) < 4.78 is 0. The fraction of sp³-hybridized carbons (Fsp3) is 0.857. The van der Waals surface area contributed by atoms with Crippen LogP contribution in [0.2, 0.25) is 0 Å². The predicted octanol–water partition coefficient (Wildman–Crippen LogP) is 0.361. The van der Waals surface area contributed by atoms with Gasteiger partial charge in [0, 0.05) is 32.6 Å². The van der Waals surface area contributed by atoms with Gasteiger partial charge in [0.05, 0.1) is 5.92 Å². The standard InChI is InChI=1S/C14H25N3O2/c1-11-8-12(10-15-9-11)14(19)16-5-4-13(18)17-6-2-3-7-17/h11-12,15H,2-10H2,1H3,(H,16,19). The lowest BCUT2D eigenvalue weighted by Gasteiger charge is -2.26. The smallest absolute Gasteiger partial charge is 0.224 e. The molecule has 2 atom stereocenters. The van der Waals surface area contributed by atoms with Gasteiger partial charge in [0.15, 0.2) is 0 Å². The Balaban J connectivity index is 1.64. The number of carbonyl (C=O) groups is 2. The van der Waals surface area contributed by atoms with E-state index in [1.165, 1.54) is 0 Å². The first-order valence-electron chi connectivity index (χ1n) is 7.43. The molecule has 0 aromatic carbocycles. The third-order valence-corrected chi connectivity index (χ3v) is 4.04. The quantitative estimate of drug-likeness (QED) is 0.773. The van der Waals surface area contributed by atoms with E-state index in [-0.39, 0.29) is 17.7 Å². The summed E-state index contributed by atoms with van der Waals surface area (Å²) in [6, 6.07) is 0. The Hall–Kier alpha value is -1.10. The molecule has 5 heteroatoms. The van der Waals surface area contributed by atoms with Gasteiger partial charge in [-0.25, -0.2) is 0 Å². The van der Waals surface area contributed by atoms with Gasteiger partial charge in [-0.15, -0.1) is 0 Å². The number of hydrogen-bond acceptors (Lipinski definition) is 3. The zero-order chi connectivity index (χ0) is 13.7. The highest BCUT2D eigenvalue weighted by Gasteiger charge is 2.25. The molecule has 0 bridgehead atoms. The minimum atomic E-state index is 0.0608. The molecule has 0 saturated carbocycles. The van der Waals surface area contributed by atoms with E-state index in [4.69, 9.17) is 0 Å². The van der Waals surface area contributed by atoms with Crippen LogP contribution in [-0.2, 0) is 9.59 Å². The number of rotatable bonds is 4. The van der Waals surface area contributed by atoms with Crippen LogP contribution in [0.15, 0.2) is 0 Å². The van der Waals surface area contributed by atoms with Gasteiger partial charge in [-0.1, -0.05) is 6.92 Å². The van der Waals surface area contributed by atoms with Crippen LogP contribution in [0.4, 0.5) is 0 Å². The lowest BCUT2D eigenvalue weighted by atomic mass is 9.91. The molecule has 0 aliphatic carbocycles. The van der Waals surface area contributed by atoms with Gasteiger partial charge in [0.25, 0.3) is 0 Å². The first-order valence-corrected chi connectivity index (χ1v) is 7.43. The summed E-state index contributed by atoms with van der Waals surface area (Å²) in [5, 5.41) is 6.17. The van der Waals surface area contributed by atoms with E-state index in [2.05, 4.69) is 17.6 Å². The number of carbonyl (C=O) groups excluding carboxylic acids is 2. The largest absolute Gasteiger partial charge is 0.355 e. The maximum Gasteiger partial charge on any atom is 0.224 e. The van der Waals surface area contributed by atoms with E-state index in [1.54, 1.807) is 0 Å². The fourth-order valence-corrected chi connectivity index (χ4v) is 2.92. The highest BCUT2D eigenvalue weighted by molar-refractivity contribution is 5.80. The van der Waals surface area contributed by atoms with Crippen LogP contribution in [0.1, 0.15) is 32.6 Å². The maximum atomic E-state index is 12.0. The average Bonchev–Trinajstić information content (AvgIpc) is 2.92.